The zero-order valence-corrected chi connectivity index (χ0v) is 22.9. The minimum atomic E-state index is 0. The van der Waals surface area contributed by atoms with E-state index in [0.717, 1.165) is 0 Å². The van der Waals surface area contributed by atoms with Crippen molar-refractivity contribution in [2.45, 2.75) is 139 Å². The molecule has 0 aromatic rings. The van der Waals surface area contributed by atoms with Gasteiger partial charge in [-0.05, 0) is 16.2 Å². The first-order valence-electron chi connectivity index (χ1n) is 9.00. The summed E-state index contributed by atoms with van der Waals surface area (Å²) in [4.78, 5) is 0. The monoisotopic (exact) mass is 427 g/mol. The second-order valence-corrected chi connectivity index (χ2v) is 9.00. The maximum absolute atomic E-state index is 2.19. The first-order valence-corrected chi connectivity index (χ1v) is 9.00. The number of hydrogen-bond acceptors (Lipinski definition) is 0. The Morgan fingerprint density at radius 2 is 0.292 bits per heavy atom. The van der Waals surface area contributed by atoms with E-state index in [1.165, 1.54) is 0 Å². The fourth-order valence-corrected chi connectivity index (χ4v) is 0. The van der Waals surface area contributed by atoms with E-state index in [1.807, 2.05) is 41.5 Å². The molecule has 0 spiro atoms. The molecular weight excluding hydrogens is 365 g/mol. The maximum atomic E-state index is 2.19. The van der Waals surface area contributed by atoms with Crippen molar-refractivity contribution in [2.24, 2.45) is 16.2 Å². The molecule has 0 aliphatic carbocycles. The van der Waals surface area contributed by atoms with Crippen LogP contribution < -0.4 is 0 Å². The molecule has 0 saturated carbocycles. The smallest absolute Gasteiger partial charge is 0 e. The zero-order valence-electron chi connectivity index (χ0n) is 20.1. The van der Waals surface area contributed by atoms with Crippen LogP contribution in [0.15, 0.2) is 0 Å². The molecule has 0 nitrogen and oxygen atoms in total. The molecule has 0 aromatic carbocycles. The van der Waals surface area contributed by atoms with Crippen LogP contribution in [0.25, 0.3) is 0 Å². The van der Waals surface area contributed by atoms with Gasteiger partial charge in [-0.3, -0.25) is 0 Å². The van der Waals surface area contributed by atoms with Crippen LogP contribution in [0.4, 0.5) is 0 Å². The Labute approximate surface area is 187 Å². The van der Waals surface area contributed by atoms with E-state index < -0.39 is 0 Å². The standard InChI is InChI=1S/3C5H12.3C2H6.2CH4.Y/c3*1-5(2,3)4;3*1-2;;;/h3*1-4H3;3*1-2H3;2*1H4;. The second kappa shape index (κ2) is 35.3. The molecule has 0 aliphatic heterocycles. The van der Waals surface area contributed by atoms with Crippen molar-refractivity contribution in [3.05, 3.63) is 0 Å². The summed E-state index contributed by atoms with van der Waals surface area (Å²) in [7, 11) is 0. The molecule has 0 saturated heterocycles. The summed E-state index contributed by atoms with van der Waals surface area (Å²) >= 11 is 0. The van der Waals surface area contributed by atoms with Gasteiger partial charge in [-0.15, -0.1) is 0 Å². The van der Waals surface area contributed by atoms with Gasteiger partial charge in [0.1, 0.15) is 0 Å². The summed E-state index contributed by atoms with van der Waals surface area (Å²) in [5, 5.41) is 0. The molecule has 0 aliphatic rings. The van der Waals surface area contributed by atoms with Gasteiger partial charge in [0, 0.05) is 32.7 Å². The Kier molecular flexibility index (Phi) is 82.6. The van der Waals surface area contributed by atoms with Crippen molar-refractivity contribution in [3.8, 4) is 0 Å². The normalized spacial score (nSPS) is 8.25. The Morgan fingerprint density at radius 3 is 0.292 bits per heavy atom. The third-order valence-electron chi connectivity index (χ3n) is 0. The summed E-state index contributed by atoms with van der Waals surface area (Å²) in [5.41, 5.74) is 1.50. The van der Waals surface area contributed by atoms with Crippen LogP contribution in [0, 0.1) is 16.2 Å². The van der Waals surface area contributed by atoms with E-state index in [9.17, 15) is 0 Å². The first-order chi connectivity index (χ1) is 9.00. The van der Waals surface area contributed by atoms with Gasteiger partial charge in [0.2, 0.25) is 0 Å². The Balaban J connectivity index is -0.0000000165. The van der Waals surface area contributed by atoms with E-state index in [2.05, 4.69) is 83.1 Å². The first kappa shape index (κ1) is 56.2. The van der Waals surface area contributed by atoms with E-state index in [-0.39, 0.29) is 47.6 Å². The fraction of sp³-hybridized carbons (Fsp3) is 1.00. The van der Waals surface area contributed by atoms with E-state index in [1.54, 1.807) is 0 Å². The van der Waals surface area contributed by atoms with Crippen LogP contribution in [0.2, 0.25) is 0 Å². The number of rotatable bonds is 0. The summed E-state index contributed by atoms with van der Waals surface area (Å²) < 4.78 is 0. The molecule has 0 heterocycles. The predicted molar refractivity (Wildman–Crippen MR) is 123 cm³/mol. The second-order valence-electron chi connectivity index (χ2n) is 9.00. The predicted octanol–water partition coefficient (Wildman–Crippen LogP) is 10.5. The Hall–Kier alpha value is 1.10. The average molecular weight is 428 g/mol. The van der Waals surface area contributed by atoms with E-state index in [4.69, 9.17) is 0 Å². The van der Waals surface area contributed by atoms with Gasteiger partial charge in [0.15, 0.2) is 0 Å². The van der Waals surface area contributed by atoms with Gasteiger partial charge in [0.25, 0.3) is 0 Å². The molecule has 0 unspecified atom stereocenters. The molecule has 0 bridgehead atoms. The van der Waals surface area contributed by atoms with Crippen molar-refractivity contribution in [2.75, 3.05) is 0 Å². The topological polar surface area (TPSA) is 0 Å². The Morgan fingerprint density at radius 1 is 0.292 bits per heavy atom. The molecule has 0 atom stereocenters. The minimum absolute atomic E-state index is 0. The third-order valence-corrected chi connectivity index (χ3v) is 0. The molecule has 24 heavy (non-hydrogen) atoms. The van der Waals surface area contributed by atoms with Crippen LogP contribution in [0.5, 0.6) is 0 Å². The van der Waals surface area contributed by atoms with E-state index >= 15 is 0 Å². The average Bonchev–Trinajstić information content (AvgIpc) is 2.18. The van der Waals surface area contributed by atoms with Crippen molar-refractivity contribution in [1.29, 1.82) is 0 Å². The van der Waals surface area contributed by atoms with Gasteiger partial charge >= 0.3 is 0 Å². The largest absolute Gasteiger partial charge is 0.0776 e. The SMILES string of the molecule is C.C.CC.CC.CC.CC(C)(C)C.CC(C)(C)C.CC(C)(C)C.[Y]. The van der Waals surface area contributed by atoms with Gasteiger partial charge in [-0.2, -0.15) is 0 Å². The Bertz CT molecular complexity index is 81.1. The summed E-state index contributed by atoms with van der Waals surface area (Å²) in [6.45, 7) is 38.2. The summed E-state index contributed by atoms with van der Waals surface area (Å²) in [6.07, 6.45) is 0. The molecule has 0 rings (SSSR count). The fourth-order valence-electron chi connectivity index (χ4n) is 0. The molecule has 157 valence electrons. The molecular formula is C23H62Y. The van der Waals surface area contributed by atoms with E-state index in [0.29, 0.717) is 16.2 Å². The summed E-state index contributed by atoms with van der Waals surface area (Å²) in [6, 6.07) is 0. The van der Waals surface area contributed by atoms with Crippen LogP contribution in [0.3, 0.4) is 0 Å². The van der Waals surface area contributed by atoms with Crippen molar-refractivity contribution in [3.63, 3.8) is 0 Å². The van der Waals surface area contributed by atoms with Gasteiger partial charge < -0.3 is 0 Å². The number of hydrogen-bond donors (Lipinski definition) is 0. The quantitative estimate of drug-likeness (QED) is 0.360. The van der Waals surface area contributed by atoms with Crippen molar-refractivity contribution >= 4 is 0 Å². The molecule has 0 fully saturated rings. The molecule has 1 radical (unpaired) electrons. The minimum Gasteiger partial charge on any atom is -0.0776 e. The van der Waals surface area contributed by atoms with Crippen LogP contribution >= 0.6 is 0 Å². The molecule has 0 N–H and O–H groups in total. The summed E-state index contributed by atoms with van der Waals surface area (Å²) in [5.74, 6) is 0. The zero-order chi connectivity index (χ0) is 19.5. The van der Waals surface area contributed by atoms with Crippen molar-refractivity contribution in [1.82, 2.24) is 0 Å². The van der Waals surface area contributed by atoms with Crippen LogP contribution in [-0.2, 0) is 32.7 Å². The third kappa shape index (κ3) is 9260. The van der Waals surface area contributed by atoms with Crippen LogP contribution in [0.1, 0.15) is 139 Å². The van der Waals surface area contributed by atoms with Gasteiger partial charge in [0.05, 0.1) is 0 Å². The van der Waals surface area contributed by atoms with Gasteiger partial charge in [-0.25, -0.2) is 0 Å². The molecule has 0 aromatic heterocycles. The van der Waals surface area contributed by atoms with Gasteiger partial charge in [-0.1, -0.05) is 139 Å². The molecule has 0 amide bonds. The van der Waals surface area contributed by atoms with Crippen molar-refractivity contribution < 1.29 is 32.7 Å². The molecule has 1 heteroatoms. The van der Waals surface area contributed by atoms with Crippen LogP contribution in [-0.4, -0.2) is 0 Å². The maximum Gasteiger partial charge on any atom is 0 e.